The number of nitrogens with one attached hydrogen (secondary N) is 3. The van der Waals surface area contributed by atoms with Crippen LogP contribution >= 0.6 is 0 Å². The first-order valence-corrected chi connectivity index (χ1v) is 20.2. The Kier molecular flexibility index (Phi) is 13.2. The molecule has 9 atom stereocenters. The fourth-order valence-corrected chi connectivity index (χ4v) is 9.88. The van der Waals surface area contributed by atoms with Gasteiger partial charge in [-0.3, -0.25) is 14.4 Å². The highest BCUT2D eigenvalue weighted by Gasteiger charge is 2.57. The van der Waals surface area contributed by atoms with Gasteiger partial charge in [0.1, 0.15) is 17.9 Å². The van der Waals surface area contributed by atoms with Crippen molar-refractivity contribution >= 4 is 11.8 Å². The number of benzene rings is 3. The van der Waals surface area contributed by atoms with Crippen molar-refractivity contribution in [1.29, 1.82) is 0 Å². The van der Waals surface area contributed by atoms with Crippen LogP contribution in [0, 0.1) is 29.1 Å². The second kappa shape index (κ2) is 17.7. The molecule has 2 amide bonds. The van der Waals surface area contributed by atoms with Crippen LogP contribution in [0.25, 0.3) is 11.1 Å². The number of para-hydroxylation sites is 1. The minimum Gasteiger partial charge on any atom is -0.496 e. The number of carbonyl (C=O) groups excluding carboxylic acids is 2. The van der Waals surface area contributed by atoms with Gasteiger partial charge in [0.2, 0.25) is 5.91 Å². The van der Waals surface area contributed by atoms with E-state index in [-0.39, 0.29) is 42.5 Å². The third-order valence-corrected chi connectivity index (χ3v) is 12.9. The summed E-state index contributed by atoms with van der Waals surface area (Å²) in [6.45, 7) is 9.64. The maximum Gasteiger partial charge on any atom is 0.251 e. The standard InChI is InChI=1S/C45H63N5O6/c1-27-37-21-34(45(37,3)4)22-38(27)48-44(54)41-40(28(2)52)39(26-51)56-50(41)24-31-15-12-16-36(42(31)55-8)32-17-30(23-46-5)18-33(20-32)43(53)47-35(25-49(6)7)19-29-13-10-9-11-14-29/h9-18,20,27-28,34-35,37-41,46,51-52H,19,21-26H2,1-8H3,(H,47,53)(H,48,54)/t27-,28-,34+,35-,37+,38-,39-,40+,41-/m0/s1. The lowest BCUT2D eigenvalue weighted by Gasteiger charge is -2.62. The molecule has 11 nitrogen and oxygen atoms in total. The van der Waals surface area contributed by atoms with Crippen molar-refractivity contribution in [3.63, 3.8) is 0 Å². The largest absolute Gasteiger partial charge is 0.496 e. The van der Waals surface area contributed by atoms with Crippen molar-refractivity contribution in [2.24, 2.45) is 29.1 Å². The molecule has 56 heavy (non-hydrogen) atoms. The molecule has 1 saturated heterocycles. The van der Waals surface area contributed by atoms with E-state index in [0.717, 1.165) is 34.2 Å². The Hall–Kier alpha value is -3.84. The number of methoxy groups -OCH3 is 1. The number of hydrogen-bond acceptors (Lipinski definition) is 9. The Bertz CT molecular complexity index is 1820. The molecular weight excluding hydrogens is 707 g/mol. The van der Waals surface area contributed by atoms with Gasteiger partial charge in [-0.2, -0.15) is 5.06 Å². The van der Waals surface area contributed by atoms with E-state index in [4.69, 9.17) is 9.57 Å². The van der Waals surface area contributed by atoms with Gasteiger partial charge in [-0.05, 0) is 105 Å². The summed E-state index contributed by atoms with van der Waals surface area (Å²) in [4.78, 5) is 36.7. The van der Waals surface area contributed by atoms with Crippen LogP contribution < -0.4 is 20.7 Å². The van der Waals surface area contributed by atoms with Gasteiger partial charge < -0.3 is 35.8 Å². The second-order valence-electron chi connectivity index (χ2n) is 17.3. The summed E-state index contributed by atoms with van der Waals surface area (Å²) in [6.07, 6.45) is 1.18. The van der Waals surface area contributed by atoms with E-state index in [1.807, 2.05) is 69.7 Å². The van der Waals surface area contributed by atoms with Gasteiger partial charge in [-0.25, -0.2) is 0 Å². The van der Waals surface area contributed by atoms with Crippen LogP contribution in [0.3, 0.4) is 0 Å². The number of aliphatic hydroxyl groups excluding tert-OH is 2. The summed E-state index contributed by atoms with van der Waals surface area (Å²) in [5.74, 6) is 1.04. The molecule has 3 saturated carbocycles. The topological polar surface area (TPSA) is 136 Å². The molecule has 11 heteroatoms. The van der Waals surface area contributed by atoms with E-state index in [1.165, 1.54) is 6.42 Å². The normalized spacial score (nSPS) is 26.7. The number of rotatable bonds is 16. The van der Waals surface area contributed by atoms with Gasteiger partial charge >= 0.3 is 0 Å². The van der Waals surface area contributed by atoms with Gasteiger partial charge in [0, 0.05) is 47.8 Å². The number of likely N-dealkylation sites (N-methyl/N-ethyl adjacent to an activating group) is 1. The number of fused-ring (bicyclic) bond motifs is 2. The van der Waals surface area contributed by atoms with Crippen LogP contribution in [0.5, 0.6) is 5.75 Å². The van der Waals surface area contributed by atoms with Crippen LogP contribution in [-0.4, -0.2) is 104 Å². The third-order valence-electron chi connectivity index (χ3n) is 12.9. The highest BCUT2D eigenvalue weighted by Crippen LogP contribution is 2.61. The monoisotopic (exact) mass is 769 g/mol. The molecule has 1 aliphatic heterocycles. The number of ether oxygens (including phenoxy) is 1. The van der Waals surface area contributed by atoms with Crippen molar-refractivity contribution in [3.8, 4) is 16.9 Å². The Morgan fingerprint density at radius 1 is 1.05 bits per heavy atom. The van der Waals surface area contributed by atoms with Crippen molar-refractivity contribution in [2.75, 3.05) is 41.4 Å². The van der Waals surface area contributed by atoms with Crippen molar-refractivity contribution in [1.82, 2.24) is 25.9 Å². The molecule has 0 unspecified atom stereocenters. The van der Waals surface area contributed by atoms with Gasteiger partial charge in [0.15, 0.2) is 0 Å². The van der Waals surface area contributed by atoms with Gasteiger partial charge in [-0.15, -0.1) is 0 Å². The van der Waals surface area contributed by atoms with Gasteiger partial charge in [0.05, 0.1) is 26.4 Å². The van der Waals surface area contributed by atoms with Crippen LogP contribution in [0.4, 0.5) is 0 Å². The van der Waals surface area contributed by atoms with Crippen molar-refractivity contribution in [3.05, 3.63) is 89.0 Å². The van der Waals surface area contributed by atoms with E-state index in [0.29, 0.717) is 48.6 Å². The summed E-state index contributed by atoms with van der Waals surface area (Å²) in [5, 5.41) is 32.8. The fraction of sp³-hybridized carbons (Fsp3) is 0.556. The molecule has 2 bridgehead atoms. The predicted octanol–water partition coefficient (Wildman–Crippen LogP) is 4.64. The third kappa shape index (κ3) is 8.83. The Balaban J connectivity index is 1.28. The number of carbonyl (C=O) groups is 2. The molecule has 7 rings (SSSR count). The lowest BCUT2D eigenvalue weighted by molar-refractivity contribution is -0.183. The number of aliphatic hydroxyl groups is 2. The van der Waals surface area contributed by atoms with Crippen LogP contribution in [-0.2, 0) is 29.1 Å². The smallest absolute Gasteiger partial charge is 0.251 e. The highest BCUT2D eigenvalue weighted by molar-refractivity contribution is 5.96. The minimum atomic E-state index is -0.901. The first-order valence-electron chi connectivity index (χ1n) is 20.2. The van der Waals surface area contributed by atoms with Crippen molar-refractivity contribution < 1.29 is 29.4 Å². The highest BCUT2D eigenvalue weighted by atomic mass is 16.7. The average Bonchev–Trinajstić information content (AvgIpc) is 3.54. The molecule has 3 aliphatic carbocycles. The number of hydroxylamine groups is 2. The second-order valence-corrected chi connectivity index (χ2v) is 17.3. The van der Waals surface area contributed by atoms with Gasteiger partial charge in [0.25, 0.3) is 5.91 Å². The summed E-state index contributed by atoms with van der Waals surface area (Å²) < 4.78 is 6.11. The summed E-state index contributed by atoms with van der Waals surface area (Å²) in [6, 6.07) is 21.0. The molecule has 3 aromatic rings. The maximum absolute atomic E-state index is 14.3. The Labute approximate surface area is 333 Å². The Morgan fingerprint density at radius 3 is 2.43 bits per heavy atom. The lowest BCUT2D eigenvalue weighted by Crippen LogP contribution is -2.62. The van der Waals surface area contributed by atoms with E-state index < -0.39 is 24.2 Å². The number of hydrogen-bond donors (Lipinski definition) is 5. The maximum atomic E-state index is 14.3. The molecular formula is C45H63N5O6. The van der Waals surface area contributed by atoms with Crippen LogP contribution in [0.1, 0.15) is 67.6 Å². The zero-order valence-corrected chi connectivity index (χ0v) is 34.4. The quantitative estimate of drug-likeness (QED) is 0.141. The molecule has 4 fully saturated rings. The summed E-state index contributed by atoms with van der Waals surface area (Å²) in [5.41, 5.74) is 5.28. The zero-order chi connectivity index (χ0) is 40.3. The van der Waals surface area contributed by atoms with E-state index >= 15 is 0 Å². The first-order chi connectivity index (χ1) is 26.7. The van der Waals surface area contributed by atoms with E-state index in [9.17, 15) is 19.8 Å². The number of nitrogens with zero attached hydrogens (tertiary/aromatic N) is 2. The SMILES string of the molecule is CNCc1cc(C(=O)N[C@@H](Cc2ccccc2)CN(C)C)cc(-c2cccc(CN3O[C@@H](CO)[C@@H]([C@H](C)O)[C@H]3C(=O)N[C@H]3C[C@H]4C[C@H]([C@@H]3C)C4(C)C)c2OC)c1. The van der Waals surface area contributed by atoms with E-state index in [2.05, 4.69) is 59.8 Å². The Morgan fingerprint density at radius 2 is 1.80 bits per heavy atom. The molecule has 1 heterocycles. The fourth-order valence-electron chi connectivity index (χ4n) is 9.88. The van der Waals surface area contributed by atoms with Gasteiger partial charge in [-0.1, -0.05) is 69.3 Å². The zero-order valence-electron chi connectivity index (χ0n) is 34.4. The molecule has 0 aromatic heterocycles. The molecule has 0 radical (unpaired) electrons. The van der Waals surface area contributed by atoms with Crippen molar-refractivity contribution in [2.45, 2.75) is 90.4 Å². The first kappa shape index (κ1) is 41.8. The van der Waals surface area contributed by atoms with E-state index in [1.54, 1.807) is 19.1 Å². The van der Waals surface area contributed by atoms with Crippen LogP contribution in [0.2, 0.25) is 0 Å². The molecule has 304 valence electrons. The summed E-state index contributed by atoms with van der Waals surface area (Å²) in [7, 11) is 7.50. The predicted molar refractivity (Wildman–Crippen MR) is 219 cm³/mol. The van der Waals surface area contributed by atoms with Crippen LogP contribution in [0.15, 0.2) is 66.7 Å². The number of amides is 2. The molecule has 4 aliphatic rings. The lowest BCUT2D eigenvalue weighted by atomic mass is 9.45. The molecule has 3 aromatic carbocycles. The molecule has 5 N–H and O–H groups in total. The summed E-state index contributed by atoms with van der Waals surface area (Å²) >= 11 is 0. The minimum absolute atomic E-state index is 0.0367. The average molecular weight is 770 g/mol. The molecule has 0 spiro atoms.